The summed E-state index contributed by atoms with van der Waals surface area (Å²) >= 11 is 0. The maximum atomic E-state index is 13.7. The monoisotopic (exact) mass is 284 g/mol. The van der Waals surface area contributed by atoms with E-state index >= 15 is 0 Å². The molecule has 0 aromatic heterocycles. The van der Waals surface area contributed by atoms with Crippen molar-refractivity contribution in [3.63, 3.8) is 0 Å². The van der Waals surface area contributed by atoms with E-state index in [2.05, 4.69) is 33.0 Å². The third kappa shape index (κ3) is 2.13. The Balaban J connectivity index is 2.14. The molecule has 2 rings (SSSR count). The van der Waals surface area contributed by atoms with Gasteiger partial charge < -0.3 is 5.32 Å². The lowest BCUT2D eigenvalue weighted by atomic mass is 10.0. The van der Waals surface area contributed by atoms with Crippen molar-refractivity contribution >= 4 is 11.4 Å². The third-order valence-corrected chi connectivity index (χ3v) is 5.04. The number of nitro benzene ring substituents is 1. The van der Waals surface area contributed by atoms with Crippen LogP contribution >= 0.6 is 0 Å². The van der Waals surface area contributed by atoms with Gasteiger partial charge >= 0.3 is 0 Å². The van der Waals surface area contributed by atoms with Gasteiger partial charge in [-0.1, -0.05) is 27.7 Å². The van der Waals surface area contributed by atoms with E-state index in [0.717, 1.165) is 12.1 Å². The van der Waals surface area contributed by atoms with Gasteiger partial charge in [0.05, 0.1) is 17.1 Å². The summed E-state index contributed by atoms with van der Waals surface area (Å²) in [5.74, 6) is -1.58. The zero-order valence-corrected chi connectivity index (χ0v) is 12.0. The summed E-state index contributed by atoms with van der Waals surface area (Å²) < 4.78 is 27.4. The van der Waals surface area contributed by atoms with Crippen LogP contribution in [0.2, 0.25) is 0 Å². The highest BCUT2D eigenvalue weighted by Crippen LogP contribution is 2.68. The molecule has 1 aliphatic rings. The Hall–Kier alpha value is -1.72. The van der Waals surface area contributed by atoms with E-state index in [0.29, 0.717) is 12.5 Å². The van der Waals surface area contributed by atoms with E-state index < -0.39 is 22.2 Å². The molecule has 0 bridgehead atoms. The number of nitrogens with zero attached hydrogens (tertiary/aromatic N) is 1. The molecular formula is C14H18F2N2O2. The number of nitrogens with one attached hydrogen (secondary N) is 1. The van der Waals surface area contributed by atoms with Crippen LogP contribution in [0.1, 0.15) is 27.7 Å². The first-order valence-electron chi connectivity index (χ1n) is 6.46. The molecule has 0 unspecified atom stereocenters. The highest BCUT2D eigenvalue weighted by Gasteiger charge is 2.64. The molecule has 0 radical (unpaired) electrons. The Kier molecular flexibility index (Phi) is 3.23. The van der Waals surface area contributed by atoms with Gasteiger partial charge in [0.1, 0.15) is 5.69 Å². The molecular weight excluding hydrogens is 266 g/mol. The van der Waals surface area contributed by atoms with Crippen LogP contribution in [0, 0.1) is 38.5 Å². The Morgan fingerprint density at radius 3 is 2.00 bits per heavy atom. The second kappa shape index (κ2) is 4.40. The minimum atomic E-state index is -0.937. The Bertz CT molecular complexity index is 533. The van der Waals surface area contributed by atoms with E-state index in [-0.39, 0.29) is 16.5 Å². The lowest BCUT2D eigenvalue weighted by Crippen LogP contribution is -2.11. The van der Waals surface area contributed by atoms with Gasteiger partial charge in [-0.3, -0.25) is 10.1 Å². The summed E-state index contributed by atoms with van der Waals surface area (Å²) in [5.41, 5.74) is -0.673. The average Bonchev–Trinajstić information content (AvgIpc) is 2.69. The molecule has 0 spiro atoms. The molecule has 1 aliphatic carbocycles. The van der Waals surface area contributed by atoms with Crippen LogP contribution in [-0.2, 0) is 0 Å². The molecule has 6 heteroatoms. The summed E-state index contributed by atoms with van der Waals surface area (Å²) in [6, 6.07) is 1.46. The van der Waals surface area contributed by atoms with Crippen molar-refractivity contribution in [2.24, 2.45) is 16.7 Å². The van der Waals surface area contributed by atoms with Crippen molar-refractivity contribution in [1.29, 1.82) is 0 Å². The van der Waals surface area contributed by atoms with E-state index in [4.69, 9.17) is 0 Å². The van der Waals surface area contributed by atoms with Gasteiger partial charge in [0.25, 0.3) is 5.69 Å². The van der Waals surface area contributed by atoms with Gasteiger partial charge in [-0.25, -0.2) is 8.78 Å². The van der Waals surface area contributed by atoms with Crippen molar-refractivity contribution in [2.75, 3.05) is 11.9 Å². The average molecular weight is 284 g/mol. The summed E-state index contributed by atoms with van der Waals surface area (Å²) in [6.07, 6.45) is 0. The first-order chi connectivity index (χ1) is 9.09. The van der Waals surface area contributed by atoms with Crippen LogP contribution in [0.5, 0.6) is 0 Å². The first kappa shape index (κ1) is 14.7. The number of halogens is 2. The topological polar surface area (TPSA) is 55.2 Å². The second-order valence-electron chi connectivity index (χ2n) is 6.42. The zero-order valence-electron chi connectivity index (χ0n) is 12.0. The number of rotatable bonds is 4. The van der Waals surface area contributed by atoms with Crippen molar-refractivity contribution in [1.82, 2.24) is 0 Å². The number of hydrogen-bond acceptors (Lipinski definition) is 3. The molecule has 1 N–H and O–H groups in total. The van der Waals surface area contributed by atoms with Gasteiger partial charge in [-0.15, -0.1) is 0 Å². The summed E-state index contributed by atoms with van der Waals surface area (Å²) in [6.45, 7) is 8.89. The molecule has 1 aromatic carbocycles. The predicted octanol–water partition coefficient (Wildman–Crippen LogP) is 3.97. The molecule has 110 valence electrons. The van der Waals surface area contributed by atoms with E-state index in [1.807, 2.05) is 0 Å². The number of nitro groups is 1. The molecule has 0 atom stereocenters. The fraction of sp³-hybridized carbons (Fsp3) is 0.571. The predicted molar refractivity (Wildman–Crippen MR) is 72.6 cm³/mol. The largest absolute Gasteiger partial charge is 0.380 e. The number of non-ortho nitro benzene ring substituents is 1. The molecule has 1 saturated carbocycles. The standard InChI is InChI=1S/C14H18F2N2O2/c1-13(2)11(14(13,3)4)7-17-12-9(15)5-8(18(19)20)6-10(12)16/h5-6,11,17H,7H2,1-4H3. The Labute approximate surface area is 116 Å². The molecule has 0 amide bonds. The minimum Gasteiger partial charge on any atom is -0.380 e. The molecule has 1 aromatic rings. The SMILES string of the molecule is CC1(C)C(CNc2c(F)cc([N+](=O)[O-])cc2F)C1(C)C. The quantitative estimate of drug-likeness (QED) is 0.672. The van der Waals surface area contributed by atoms with E-state index in [1.54, 1.807) is 0 Å². The van der Waals surface area contributed by atoms with Crippen LogP contribution in [0.4, 0.5) is 20.2 Å². The van der Waals surface area contributed by atoms with Gasteiger partial charge in [-0.2, -0.15) is 0 Å². The van der Waals surface area contributed by atoms with Crippen LogP contribution in [0.25, 0.3) is 0 Å². The molecule has 1 fully saturated rings. The third-order valence-electron chi connectivity index (χ3n) is 5.04. The molecule has 0 saturated heterocycles. The van der Waals surface area contributed by atoms with Gasteiger partial charge in [-0.05, 0) is 16.7 Å². The summed E-state index contributed by atoms with van der Waals surface area (Å²) in [7, 11) is 0. The minimum absolute atomic E-state index is 0.105. The van der Waals surface area contributed by atoms with Crippen LogP contribution in [0.3, 0.4) is 0 Å². The van der Waals surface area contributed by atoms with Gasteiger partial charge in [0, 0.05) is 6.54 Å². The molecule has 20 heavy (non-hydrogen) atoms. The zero-order chi connectivity index (χ0) is 15.3. The van der Waals surface area contributed by atoms with E-state index in [1.165, 1.54) is 0 Å². The molecule has 0 heterocycles. The van der Waals surface area contributed by atoms with Crippen LogP contribution in [0.15, 0.2) is 12.1 Å². The Morgan fingerprint density at radius 1 is 1.20 bits per heavy atom. The maximum absolute atomic E-state index is 13.7. The molecule has 4 nitrogen and oxygen atoms in total. The van der Waals surface area contributed by atoms with Gasteiger partial charge in [0.15, 0.2) is 11.6 Å². The lowest BCUT2D eigenvalue weighted by molar-refractivity contribution is -0.385. The van der Waals surface area contributed by atoms with E-state index in [9.17, 15) is 18.9 Å². The normalized spacial score (nSPS) is 19.7. The first-order valence-corrected chi connectivity index (χ1v) is 6.46. The smallest absolute Gasteiger partial charge is 0.275 e. The number of hydrogen-bond donors (Lipinski definition) is 1. The fourth-order valence-electron chi connectivity index (χ4n) is 2.88. The van der Waals surface area contributed by atoms with Crippen molar-refractivity contribution in [3.8, 4) is 0 Å². The summed E-state index contributed by atoms with van der Waals surface area (Å²) in [4.78, 5) is 9.70. The van der Waals surface area contributed by atoms with Crippen molar-refractivity contribution in [2.45, 2.75) is 27.7 Å². The summed E-state index contributed by atoms with van der Waals surface area (Å²) in [5, 5.41) is 13.3. The number of benzene rings is 1. The molecule has 0 aliphatic heterocycles. The highest BCUT2D eigenvalue weighted by molar-refractivity contribution is 5.52. The Morgan fingerprint density at radius 2 is 1.65 bits per heavy atom. The fourth-order valence-corrected chi connectivity index (χ4v) is 2.88. The van der Waals surface area contributed by atoms with Crippen molar-refractivity contribution < 1.29 is 13.7 Å². The lowest BCUT2D eigenvalue weighted by Gasteiger charge is -2.09. The number of anilines is 1. The highest BCUT2D eigenvalue weighted by atomic mass is 19.1. The van der Waals surface area contributed by atoms with Gasteiger partial charge in [0.2, 0.25) is 0 Å². The van der Waals surface area contributed by atoms with Crippen LogP contribution < -0.4 is 5.32 Å². The second-order valence-corrected chi connectivity index (χ2v) is 6.42. The van der Waals surface area contributed by atoms with Crippen LogP contribution in [-0.4, -0.2) is 11.5 Å². The van der Waals surface area contributed by atoms with Crippen molar-refractivity contribution in [3.05, 3.63) is 33.9 Å². The maximum Gasteiger partial charge on any atom is 0.275 e.